The maximum absolute atomic E-state index is 10.5. The molecule has 0 N–H and O–H groups in total. The van der Waals surface area contributed by atoms with Gasteiger partial charge in [-0.3, -0.25) is 0 Å². The Labute approximate surface area is 59.8 Å². The highest BCUT2D eigenvalue weighted by Crippen LogP contribution is 1.82. The van der Waals surface area contributed by atoms with Gasteiger partial charge in [0.05, 0.1) is 5.71 Å². The van der Waals surface area contributed by atoms with Crippen molar-refractivity contribution in [3.63, 3.8) is 0 Å². The van der Waals surface area contributed by atoms with Crippen molar-refractivity contribution < 1.29 is 14.4 Å². The zero-order valence-electron chi connectivity index (χ0n) is 6.38. The molecule has 58 valence electrons. The van der Waals surface area contributed by atoms with Crippen LogP contribution in [-0.2, 0) is 14.4 Å². The molecule has 0 rings (SSSR count). The summed E-state index contributed by atoms with van der Waals surface area (Å²) in [5.41, 5.74) is 0.699. The first-order valence-electron chi connectivity index (χ1n) is 2.86. The number of carbonyl (C=O) groups is 1. The number of hydrogen-bond donors (Lipinski definition) is 0. The molecule has 4 nitrogen and oxygen atoms in total. The maximum atomic E-state index is 10.5. The minimum atomic E-state index is -0.483. The molecule has 0 saturated carbocycles. The highest BCUT2D eigenvalue weighted by atomic mass is 16.7. The van der Waals surface area contributed by atoms with Crippen LogP contribution in [0.3, 0.4) is 0 Å². The monoisotopic (exact) mass is 145 g/mol. The molecular weight excluding hydrogens is 134 g/mol. The van der Waals surface area contributed by atoms with E-state index >= 15 is 0 Å². The van der Waals surface area contributed by atoms with Gasteiger partial charge in [-0.25, -0.2) is 4.79 Å². The second-order valence-corrected chi connectivity index (χ2v) is 1.93. The summed E-state index contributed by atoms with van der Waals surface area (Å²) in [7, 11) is 1.42. The molecule has 0 fully saturated rings. The highest BCUT2D eigenvalue weighted by Gasteiger charge is 1.98. The van der Waals surface area contributed by atoms with Crippen LogP contribution in [0, 0.1) is 0 Å². The predicted octanol–water partition coefficient (Wildman–Crippen LogP) is 0.572. The molecule has 0 bridgehead atoms. The number of oxime groups is 1. The summed E-state index contributed by atoms with van der Waals surface area (Å²) in [5.74, 6) is -0.483. The van der Waals surface area contributed by atoms with E-state index in [1.807, 2.05) is 0 Å². The van der Waals surface area contributed by atoms with E-state index < -0.39 is 5.97 Å². The summed E-state index contributed by atoms with van der Waals surface area (Å²) in [6.07, 6.45) is 0. The fourth-order valence-electron chi connectivity index (χ4n) is 0.286. The van der Waals surface area contributed by atoms with Crippen molar-refractivity contribution in [2.24, 2.45) is 5.16 Å². The lowest BCUT2D eigenvalue weighted by Crippen LogP contribution is -2.08. The summed E-state index contributed by atoms with van der Waals surface area (Å²) >= 11 is 0. The molecule has 10 heavy (non-hydrogen) atoms. The van der Waals surface area contributed by atoms with Crippen molar-refractivity contribution >= 4 is 11.7 Å². The molecule has 0 atom stereocenters. The van der Waals surface area contributed by atoms with E-state index in [0.717, 1.165) is 0 Å². The van der Waals surface area contributed by atoms with Gasteiger partial charge < -0.3 is 9.57 Å². The van der Waals surface area contributed by atoms with E-state index in [1.165, 1.54) is 7.11 Å². The second kappa shape index (κ2) is 4.93. The van der Waals surface area contributed by atoms with Gasteiger partial charge in [-0.15, -0.1) is 0 Å². The summed E-state index contributed by atoms with van der Waals surface area (Å²) in [6, 6.07) is 0. The molecule has 0 aromatic heterocycles. The third kappa shape index (κ3) is 5.24. The van der Waals surface area contributed by atoms with E-state index in [4.69, 9.17) is 0 Å². The van der Waals surface area contributed by atoms with Crippen LogP contribution in [0.2, 0.25) is 0 Å². The van der Waals surface area contributed by atoms with Crippen LogP contribution < -0.4 is 0 Å². The first-order chi connectivity index (χ1) is 4.66. The summed E-state index contributed by atoms with van der Waals surface area (Å²) in [4.78, 5) is 14.9. The predicted molar refractivity (Wildman–Crippen MR) is 36.8 cm³/mol. The van der Waals surface area contributed by atoms with Crippen LogP contribution in [0.25, 0.3) is 0 Å². The lowest BCUT2D eigenvalue weighted by atomic mass is 10.5. The van der Waals surface area contributed by atoms with Gasteiger partial charge in [-0.05, 0) is 13.8 Å². The van der Waals surface area contributed by atoms with Crippen molar-refractivity contribution in [3.8, 4) is 0 Å². The van der Waals surface area contributed by atoms with Crippen LogP contribution in [0.5, 0.6) is 0 Å². The molecular formula is C6H11NO3. The molecule has 0 aromatic carbocycles. The summed E-state index contributed by atoms with van der Waals surface area (Å²) < 4.78 is 4.49. The van der Waals surface area contributed by atoms with Crippen LogP contribution >= 0.6 is 0 Å². The largest absolute Gasteiger partial charge is 0.373 e. The normalized spacial score (nSPS) is 8.70. The van der Waals surface area contributed by atoms with Crippen molar-refractivity contribution in [3.05, 3.63) is 0 Å². The van der Waals surface area contributed by atoms with Crippen LogP contribution in [-0.4, -0.2) is 25.4 Å². The van der Waals surface area contributed by atoms with Gasteiger partial charge in [0.25, 0.3) is 0 Å². The molecule has 0 heterocycles. The quantitative estimate of drug-likeness (QED) is 0.331. The maximum Gasteiger partial charge on any atom is 0.360 e. The minimum absolute atomic E-state index is 0.0588. The number of carbonyl (C=O) groups excluding carboxylic acids is 1. The Morgan fingerprint density at radius 3 is 2.50 bits per heavy atom. The van der Waals surface area contributed by atoms with Crippen molar-refractivity contribution in [1.82, 2.24) is 0 Å². The molecule has 0 aliphatic heterocycles. The molecule has 0 unspecified atom stereocenters. The van der Waals surface area contributed by atoms with Crippen molar-refractivity contribution in [2.45, 2.75) is 13.8 Å². The van der Waals surface area contributed by atoms with Gasteiger partial charge >= 0.3 is 5.97 Å². The van der Waals surface area contributed by atoms with E-state index in [9.17, 15) is 4.79 Å². The average Bonchev–Trinajstić information content (AvgIpc) is 1.85. The molecule has 4 heteroatoms. The number of rotatable bonds is 3. The third-order valence-electron chi connectivity index (χ3n) is 0.592. The van der Waals surface area contributed by atoms with E-state index in [-0.39, 0.29) is 6.61 Å². The Kier molecular flexibility index (Phi) is 4.49. The fourth-order valence-corrected chi connectivity index (χ4v) is 0.286. The van der Waals surface area contributed by atoms with E-state index in [1.54, 1.807) is 13.8 Å². The summed E-state index contributed by atoms with van der Waals surface area (Å²) in [6.45, 7) is 3.41. The Bertz CT molecular complexity index is 138. The number of ether oxygens (including phenoxy) is 1. The van der Waals surface area contributed by atoms with Gasteiger partial charge in [-0.2, -0.15) is 0 Å². The topological polar surface area (TPSA) is 47.9 Å². The Morgan fingerprint density at radius 2 is 2.10 bits per heavy atom. The minimum Gasteiger partial charge on any atom is -0.373 e. The zero-order chi connectivity index (χ0) is 7.98. The van der Waals surface area contributed by atoms with Crippen LogP contribution in [0.4, 0.5) is 0 Å². The van der Waals surface area contributed by atoms with Crippen LogP contribution in [0.15, 0.2) is 5.16 Å². The fraction of sp³-hybridized carbons (Fsp3) is 0.667. The third-order valence-corrected chi connectivity index (χ3v) is 0.592. The molecule has 0 aliphatic rings. The molecule has 0 saturated heterocycles. The van der Waals surface area contributed by atoms with Crippen LogP contribution in [0.1, 0.15) is 13.8 Å². The molecule has 0 radical (unpaired) electrons. The van der Waals surface area contributed by atoms with E-state index in [0.29, 0.717) is 5.71 Å². The highest BCUT2D eigenvalue weighted by molar-refractivity contribution is 5.80. The zero-order valence-corrected chi connectivity index (χ0v) is 6.38. The Balaban J connectivity index is 3.49. The first-order valence-corrected chi connectivity index (χ1v) is 2.86. The Morgan fingerprint density at radius 1 is 1.50 bits per heavy atom. The number of methoxy groups -OCH3 is 1. The SMILES string of the molecule is COCC(=O)ON=C(C)C. The van der Waals surface area contributed by atoms with Crippen molar-refractivity contribution in [1.29, 1.82) is 0 Å². The number of hydrogen-bond acceptors (Lipinski definition) is 4. The lowest BCUT2D eigenvalue weighted by molar-refractivity contribution is -0.147. The molecule has 0 spiro atoms. The van der Waals surface area contributed by atoms with E-state index in [2.05, 4.69) is 14.7 Å². The smallest absolute Gasteiger partial charge is 0.360 e. The Hall–Kier alpha value is -0.900. The second-order valence-electron chi connectivity index (χ2n) is 1.93. The first kappa shape index (κ1) is 9.10. The molecule has 0 aliphatic carbocycles. The average molecular weight is 145 g/mol. The van der Waals surface area contributed by atoms with Gasteiger partial charge in [0.1, 0.15) is 6.61 Å². The number of nitrogens with zero attached hydrogens (tertiary/aromatic N) is 1. The summed E-state index contributed by atoms with van der Waals surface area (Å²) in [5, 5.41) is 3.43. The van der Waals surface area contributed by atoms with Gasteiger partial charge in [0.2, 0.25) is 0 Å². The lowest BCUT2D eigenvalue weighted by Gasteiger charge is -1.94. The molecule has 0 amide bonds. The van der Waals surface area contributed by atoms with Crippen molar-refractivity contribution in [2.75, 3.05) is 13.7 Å². The van der Waals surface area contributed by atoms with Gasteiger partial charge in [0, 0.05) is 7.11 Å². The van der Waals surface area contributed by atoms with Gasteiger partial charge in [-0.1, -0.05) is 5.16 Å². The van der Waals surface area contributed by atoms with Gasteiger partial charge in [0.15, 0.2) is 0 Å². The molecule has 0 aromatic rings. The standard InChI is InChI=1S/C6H11NO3/c1-5(2)7-10-6(8)4-9-3/h4H2,1-3H3.